The third-order valence-corrected chi connectivity index (χ3v) is 32.8. The predicted molar refractivity (Wildman–Crippen MR) is 623 cm³/mol. The van der Waals surface area contributed by atoms with Crippen molar-refractivity contribution in [1.82, 2.24) is 63.5 Å². The second kappa shape index (κ2) is 54.6. The Bertz CT molecular complexity index is 6530. The highest BCUT2D eigenvalue weighted by molar-refractivity contribution is 9.10. The molecule has 0 saturated carbocycles. The number of alkyl halides is 1. The molecule has 8 aromatic heterocycles. The van der Waals surface area contributed by atoms with E-state index in [1.807, 2.05) is 102 Å². The molecule has 0 aliphatic heterocycles. The van der Waals surface area contributed by atoms with Crippen molar-refractivity contribution in [2.75, 3.05) is 109 Å². The van der Waals surface area contributed by atoms with Gasteiger partial charge in [-0.25, -0.2) is 39.9 Å². The minimum absolute atomic E-state index is 0.338. The lowest BCUT2D eigenvalue weighted by atomic mass is 10.1. The molecule has 0 aliphatic carbocycles. The fourth-order valence-electron chi connectivity index (χ4n) is 14.7. The van der Waals surface area contributed by atoms with Gasteiger partial charge < -0.3 is 58.2 Å². The van der Waals surface area contributed by atoms with Crippen molar-refractivity contribution in [3.63, 3.8) is 0 Å². The number of rotatable bonds is 38. The van der Waals surface area contributed by atoms with Gasteiger partial charge in [0, 0.05) is 199 Å². The molecular formula is C110H142Br2ClN19O3S4Si3. The number of nitrogens with zero attached hydrogens (tertiary/aromatic N) is 16. The molecule has 0 spiro atoms. The molecule has 22 nitrogen and oxygen atoms in total. The number of halogens is 3. The van der Waals surface area contributed by atoms with Crippen LogP contribution in [0.25, 0.3) is 67.8 Å². The molecule has 3 N–H and O–H groups in total. The van der Waals surface area contributed by atoms with Crippen LogP contribution in [0, 0.1) is 55.4 Å². The molecule has 0 radical (unpaired) electrons. The van der Waals surface area contributed by atoms with E-state index >= 15 is 0 Å². The van der Waals surface area contributed by atoms with Crippen LogP contribution >= 0.6 is 88.8 Å². The molecule has 8 heterocycles. The second-order valence-electron chi connectivity index (χ2n) is 38.3. The molecule has 16 aromatic rings. The van der Waals surface area contributed by atoms with E-state index in [9.17, 15) is 0 Å². The first-order valence-corrected chi connectivity index (χ1v) is 65.4. The average molecular weight is 2190 g/mol. The highest BCUT2D eigenvalue weighted by Crippen LogP contribution is 2.41. The Morgan fingerprint density at radius 1 is 0.352 bits per heavy atom. The van der Waals surface area contributed by atoms with E-state index < -0.39 is 24.2 Å². The predicted octanol–water partition coefficient (Wildman–Crippen LogP) is 31.2. The molecule has 0 bridgehead atoms. The van der Waals surface area contributed by atoms with Crippen LogP contribution in [-0.2, 0) is 14.2 Å². The molecule has 752 valence electrons. The van der Waals surface area contributed by atoms with Crippen molar-refractivity contribution >= 4 is 168 Å². The van der Waals surface area contributed by atoms with Crippen molar-refractivity contribution in [3.8, 4) is 67.8 Å². The van der Waals surface area contributed by atoms with Gasteiger partial charge >= 0.3 is 0 Å². The van der Waals surface area contributed by atoms with Crippen LogP contribution in [0.3, 0.4) is 0 Å². The molecule has 0 atom stereocenters. The van der Waals surface area contributed by atoms with Gasteiger partial charge in [0.15, 0.2) is 20.5 Å². The zero-order valence-electron chi connectivity index (χ0n) is 86.8. The summed E-state index contributed by atoms with van der Waals surface area (Å²) in [5.74, 6) is 0. The zero-order valence-corrected chi connectivity index (χ0v) is 97.0. The van der Waals surface area contributed by atoms with Crippen molar-refractivity contribution in [1.29, 1.82) is 0 Å². The molecule has 0 fully saturated rings. The second-order valence-corrected chi connectivity index (χ2v) is 60.6. The standard InChI is InChI=1S/C30H41N5OSSi.C26H31BrN4OSSi.C24H27N5S.C20H17BrN4S.C6H15ClOSi.C4H11N/c1-8-33(9-2)27-13-10-23(3)29(18-27)35(22-36-16-17-38(5,6)7)30-32-28(20-37-30)25-11-14-26(15-12-25)34-19-24(4)31-21-34;1-19-6-9-22(27)14-25(19)31(18-32-12-13-34(3,4)5)26-29-24(16-33-26)21-7-10-23(11-8-21)30-15-20(2)28-17-30;1-5-28(6-2)21-10-7-17(3)22(13-21)26-24-27-23(15-30-24)19-8-11-20(12-9-19)29-14-18(4)25-16-29;1-13-3-6-16(21)9-18(13)23-20-24-19(11-26-20)15-4-7-17(8-5-15)25-10-14(2)22-12-25;1-9(2,3)5-4-8-6-7;1-3-5-4-2/h10-15,18-21H,8-9,16-17,22H2,1-7H3;6-11,14-17H,12-13,18H2,1-5H3;7-16H,5-6H2,1-4H3,(H,26,27);3-12H,1-2H3,(H,23,24);4-6H2,1-3H3;5H,3-4H2,1-2H3. The fourth-order valence-corrected chi connectivity index (χ4v) is 20.9. The van der Waals surface area contributed by atoms with Gasteiger partial charge in [-0.2, -0.15) is 0 Å². The highest BCUT2D eigenvalue weighted by atomic mass is 79.9. The van der Waals surface area contributed by atoms with Crippen molar-refractivity contribution in [2.24, 2.45) is 0 Å². The first-order valence-electron chi connectivity index (χ1n) is 48.6. The number of hydrogen-bond acceptors (Lipinski definition) is 22. The summed E-state index contributed by atoms with van der Waals surface area (Å²) in [6.45, 7) is 60.2. The number of thiazole rings is 4. The monoisotopic (exact) mass is 2180 g/mol. The number of hydrogen-bond donors (Lipinski definition) is 3. The first kappa shape index (κ1) is 112. The van der Waals surface area contributed by atoms with Crippen LogP contribution in [0.2, 0.25) is 77.1 Å². The molecule has 0 saturated heterocycles. The Morgan fingerprint density at radius 3 is 0.979 bits per heavy atom. The van der Waals surface area contributed by atoms with Crippen LogP contribution in [-0.4, -0.2) is 161 Å². The van der Waals surface area contributed by atoms with E-state index in [1.165, 1.54) is 39.7 Å². The summed E-state index contributed by atoms with van der Waals surface area (Å²) < 4.78 is 27.6. The van der Waals surface area contributed by atoms with Crippen LogP contribution < -0.4 is 35.6 Å². The summed E-state index contributed by atoms with van der Waals surface area (Å²) in [5.41, 5.74) is 28.3. The Morgan fingerprint density at radius 2 is 0.655 bits per heavy atom. The third kappa shape index (κ3) is 34.4. The Labute approximate surface area is 883 Å². The van der Waals surface area contributed by atoms with Gasteiger partial charge in [0.05, 0.1) is 76.5 Å². The van der Waals surface area contributed by atoms with Gasteiger partial charge in [0.1, 0.15) is 19.5 Å². The quantitative estimate of drug-likeness (QED) is 0.0143. The van der Waals surface area contributed by atoms with Crippen molar-refractivity contribution in [3.05, 3.63) is 295 Å². The fraction of sp³-hybridized carbons (Fsp3) is 0.345. The highest BCUT2D eigenvalue weighted by Gasteiger charge is 2.24. The minimum Gasteiger partial charge on any atom is -0.372 e. The normalized spacial score (nSPS) is 11.3. The maximum Gasteiger partial charge on any atom is 0.192 e. The molecule has 8 aromatic carbocycles. The molecule has 16 rings (SSSR count). The average Bonchev–Trinajstić information content (AvgIpc) is 1.60. The van der Waals surface area contributed by atoms with Gasteiger partial charge in [-0.3, -0.25) is 9.80 Å². The Balaban J connectivity index is 0.000000174. The first-order chi connectivity index (χ1) is 68.0. The SMILES string of the molecule is CCN(CC)c1ccc(C)c(N(COCC[Si](C)(C)C)c2nc(-c3ccc(-n4cnc(C)c4)cc3)cs2)c1.CCN(CC)c1ccc(C)c(Nc2nc(-c3ccc(-n4cnc(C)c4)cc3)cs2)c1.CCNCC.C[Si](C)(C)CCOCCl.Cc1cn(-c2ccc(-c3csc(N(COCC[Si](C)(C)C)c4cc(Br)ccc4C)n3)cc2)cn1.Cc1cn(-c2ccc(-c3csc(Nc4cc(Br)ccc4C)n3)cc2)cn1. The number of aromatic nitrogens is 12. The molecule has 32 heteroatoms. The summed E-state index contributed by atoms with van der Waals surface area (Å²) in [6.07, 6.45) is 15.4. The van der Waals surface area contributed by atoms with E-state index in [1.54, 1.807) is 45.3 Å². The van der Waals surface area contributed by atoms with Gasteiger partial charge in [-0.05, 0) is 234 Å². The van der Waals surface area contributed by atoms with Crippen LogP contribution in [0.15, 0.2) is 250 Å². The summed E-state index contributed by atoms with van der Waals surface area (Å²) in [4.78, 5) is 46.0. The van der Waals surface area contributed by atoms with Gasteiger partial charge in [0.25, 0.3) is 0 Å². The maximum absolute atomic E-state index is 6.28. The van der Waals surface area contributed by atoms with Crippen LogP contribution in [0.4, 0.5) is 54.7 Å². The lowest BCUT2D eigenvalue weighted by Gasteiger charge is -2.27. The minimum atomic E-state index is -1.17. The lowest BCUT2D eigenvalue weighted by molar-refractivity contribution is 0.153. The van der Waals surface area contributed by atoms with Crippen molar-refractivity contribution < 1.29 is 14.2 Å². The van der Waals surface area contributed by atoms with E-state index in [4.69, 9.17) is 45.7 Å². The molecule has 0 aliphatic rings. The largest absolute Gasteiger partial charge is 0.372 e. The number of benzene rings is 8. The molecule has 0 unspecified atom stereocenters. The lowest BCUT2D eigenvalue weighted by Crippen LogP contribution is -2.26. The number of anilines is 10. The van der Waals surface area contributed by atoms with E-state index in [0.29, 0.717) is 19.5 Å². The van der Waals surface area contributed by atoms with Gasteiger partial charge in [-0.1, -0.05) is 189 Å². The number of aryl methyl sites for hydroxylation is 8. The Hall–Kier alpha value is -10.3. The molecular weight excluding hydrogens is 2040 g/mol. The van der Waals surface area contributed by atoms with E-state index in [-0.39, 0.29) is 0 Å². The number of imidazole rings is 4. The number of ether oxygens (including phenoxy) is 3. The van der Waals surface area contributed by atoms with E-state index in [0.717, 1.165) is 214 Å². The van der Waals surface area contributed by atoms with E-state index in [2.05, 4.69) is 401 Å². The third-order valence-electron chi connectivity index (χ3n) is 23.3. The summed E-state index contributed by atoms with van der Waals surface area (Å²) in [5, 5.41) is 22.1. The van der Waals surface area contributed by atoms with Crippen molar-refractivity contribution in [2.45, 2.75) is 174 Å². The number of nitrogens with one attached hydrogen (secondary N) is 3. The topological polar surface area (TPSA) is 200 Å². The zero-order chi connectivity index (χ0) is 102. The summed E-state index contributed by atoms with van der Waals surface area (Å²) in [6, 6.07) is 63.3. The smallest absolute Gasteiger partial charge is 0.192 e. The van der Waals surface area contributed by atoms with Crippen LogP contribution in [0.1, 0.15) is 86.6 Å². The maximum atomic E-state index is 6.28. The summed E-state index contributed by atoms with van der Waals surface area (Å²) >= 11 is 19.0. The van der Waals surface area contributed by atoms with Crippen LogP contribution in [0.5, 0.6) is 0 Å². The molecule has 142 heavy (non-hydrogen) atoms. The van der Waals surface area contributed by atoms with Gasteiger partial charge in [0.2, 0.25) is 0 Å². The Kier molecular flexibility index (Phi) is 43.0. The summed E-state index contributed by atoms with van der Waals surface area (Å²) in [7, 11) is -3.19. The molecule has 0 amide bonds. The van der Waals surface area contributed by atoms with Gasteiger partial charge in [-0.15, -0.1) is 45.3 Å².